The first-order chi connectivity index (χ1) is 9.81. The Kier molecular flexibility index (Phi) is 4.41. The number of nitrogens with two attached hydrogens (primary N) is 1. The molecule has 0 atom stereocenters. The van der Waals surface area contributed by atoms with Crippen LogP contribution in [-0.2, 0) is 17.7 Å². The van der Waals surface area contributed by atoms with Gasteiger partial charge in [-0.1, -0.05) is 6.07 Å². The molecule has 1 heterocycles. The summed E-state index contributed by atoms with van der Waals surface area (Å²) in [5.74, 6) is -0.504. The first-order valence-corrected chi connectivity index (χ1v) is 6.68. The van der Waals surface area contributed by atoms with Crippen molar-refractivity contribution in [3.8, 4) is 0 Å². The van der Waals surface area contributed by atoms with Gasteiger partial charge in [-0.15, -0.1) is 0 Å². The predicted molar refractivity (Wildman–Crippen MR) is 71.8 cm³/mol. The second kappa shape index (κ2) is 5.93. The van der Waals surface area contributed by atoms with Gasteiger partial charge in [-0.05, 0) is 30.5 Å². The highest BCUT2D eigenvalue weighted by Crippen LogP contribution is 2.29. The molecule has 0 saturated carbocycles. The van der Waals surface area contributed by atoms with E-state index in [9.17, 15) is 18.0 Å². The Morgan fingerprint density at radius 1 is 1.43 bits per heavy atom. The number of halogens is 3. The number of anilines is 1. The van der Waals surface area contributed by atoms with Gasteiger partial charge < -0.3 is 10.5 Å². The highest BCUT2D eigenvalue weighted by Gasteiger charge is 2.32. The normalized spacial score (nSPS) is 15.6. The number of carbonyl (C=O) groups is 1. The van der Waals surface area contributed by atoms with Crippen molar-refractivity contribution in [3.05, 3.63) is 28.8 Å². The Bertz CT molecular complexity index is 544. The molecule has 0 bridgehead atoms. The molecule has 0 aromatic heterocycles. The third-order valence-electron chi connectivity index (χ3n) is 3.42. The molecule has 0 aliphatic carbocycles. The van der Waals surface area contributed by atoms with Crippen LogP contribution in [0.2, 0.25) is 0 Å². The van der Waals surface area contributed by atoms with Crippen molar-refractivity contribution in [1.29, 1.82) is 0 Å². The van der Waals surface area contributed by atoms with E-state index in [1.165, 1.54) is 11.0 Å². The number of benzene rings is 1. The van der Waals surface area contributed by atoms with Crippen LogP contribution < -0.4 is 5.73 Å². The van der Waals surface area contributed by atoms with Gasteiger partial charge in [0.15, 0.2) is 0 Å². The van der Waals surface area contributed by atoms with Crippen LogP contribution in [0.3, 0.4) is 0 Å². The Morgan fingerprint density at radius 3 is 2.76 bits per heavy atom. The minimum Gasteiger partial charge on any atom is -0.462 e. The van der Waals surface area contributed by atoms with E-state index in [-0.39, 0.29) is 25.3 Å². The highest BCUT2D eigenvalue weighted by molar-refractivity contribution is 5.96. The smallest absolute Gasteiger partial charge is 0.401 e. The number of nitrogens with zero attached hydrogens (tertiary/aromatic N) is 1. The van der Waals surface area contributed by atoms with Crippen molar-refractivity contribution in [2.45, 2.75) is 26.1 Å². The minimum atomic E-state index is -4.21. The highest BCUT2D eigenvalue weighted by atomic mass is 19.4. The molecule has 116 valence electrons. The maximum absolute atomic E-state index is 12.4. The fourth-order valence-electron chi connectivity index (χ4n) is 2.52. The summed E-state index contributed by atoms with van der Waals surface area (Å²) in [5, 5.41) is 0. The van der Waals surface area contributed by atoms with E-state index in [0.29, 0.717) is 12.1 Å². The molecule has 1 aromatic carbocycles. The van der Waals surface area contributed by atoms with E-state index in [2.05, 4.69) is 0 Å². The maximum atomic E-state index is 12.4. The van der Waals surface area contributed by atoms with Crippen LogP contribution in [0.1, 0.15) is 28.4 Å². The zero-order valence-electron chi connectivity index (χ0n) is 11.7. The van der Waals surface area contributed by atoms with Gasteiger partial charge in [0.1, 0.15) is 0 Å². The molecule has 0 unspecified atom stereocenters. The molecule has 0 spiro atoms. The van der Waals surface area contributed by atoms with Crippen molar-refractivity contribution in [3.63, 3.8) is 0 Å². The predicted octanol–water partition coefficient (Wildman–Crippen LogP) is 2.37. The average Bonchev–Trinajstić information content (AvgIpc) is 2.37. The Hall–Kier alpha value is -1.76. The van der Waals surface area contributed by atoms with Crippen LogP contribution in [0.4, 0.5) is 18.9 Å². The number of hydrogen-bond donors (Lipinski definition) is 1. The SMILES string of the molecule is CCOC(=O)c1ccc2c(c1N)CCN(CC(F)(F)F)C2. The molecule has 1 aromatic rings. The monoisotopic (exact) mass is 302 g/mol. The number of alkyl halides is 3. The molecular weight excluding hydrogens is 285 g/mol. The van der Waals surface area contributed by atoms with Crippen LogP contribution in [0.5, 0.6) is 0 Å². The number of hydrogen-bond acceptors (Lipinski definition) is 4. The lowest BCUT2D eigenvalue weighted by molar-refractivity contribution is -0.147. The van der Waals surface area contributed by atoms with E-state index in [1.54, 1.807) is 13.0 Å². The molecule has 2 N–H and O–H groups in total. The minimum absolute atomic E-state index is 0.183. The number of rotatable bonds is 3. The zero-order valence-corrected chi connectivity index (χ0v) is 11.7. The quantitative estimate of drug-likeness (QED) is 0.688. The van der Waals surface area contributed by atoms with Gasteiger partial charge in [0.05, 0.1) is 18.7 Å². The molecule has 0 radical (unpaired) electrons. The summed E-state index contributed by atoms with van der Waals surface area (Å²) < 4.78 is 42.2. The second-order valence-corrected chi connectivity index (χ2v) is 4.96. The average molecular weight is 302 g/mol. The van der Waals surface area contributed by atoms with Crippen molar-refractivity contribution >= 4 is 11.7 Å². The molecule has 0 amide bonds. The number of ether oxygens (including phenoxy) is 1. The van der Waals surface area contributed by atoms with E-state index in [4.69, 9.17) is 10.5 Å². The van der Waals surface area contributed by atoms with Gasteiger partial charge in [0.2, 0.25) is 0 Å². The van der Waals surface area contributed by atoms with E-state index in [0.717, 1.165) is 11.1 Å². The molecule has 0 saturated heterocycles. The van der Waals surface area contributed by atoms with Crippen LogP contribution in [0.25, 0.3) is 0 Å². The lowest BCUT2D eigenvalue weighted by Gasteiger charge is -2.30. The molecule has 1 aliphatic rings. The molecule has 21 heavy (non-hydrogen) atoms. The fraction of sp³-hybridized carbons (Fsp3) is 0.500. The van der Waals surface area contributed by atoms with Gasteiger partial charge >= 0.3 is 12.1 Å². The summed E-state index contributed by atoms with van der Waals surface area (Å²) in [6.45, 7) is 1.45. The number of fused-ring (bicyclic) bond motifs is 1. The van der Waals surface area contributed by atoms with Gasteiger partial charge in [-0.2, -0.15) is 13.2 Å². The second-order valence-electron chi connectivity index (χ2n) is 4.96. The summed E-state index contributed by atoms with van der Waals surface area (Å²) >= 11 is 0. The Balaban J connectivity index is 2.20. The topological polar surface area (TPSA) is 55.6 Å². The van der Waals surface area contributed by atoms with E-state index in [1.807, 2.05) is 0 Å². The summed E-state index contributed by atoms with van der Waals surface area (Å²) in [6, 6.07) is 3.17. The number of carbonyl (C=O) groups excluding carboxylic acids is 1. The van der Waals surface area contributed by atoms with E-state index >= 15 is 0 Å². The van der Waals surface area contributed by atoms with Crippen LogP contribution in [-0.4, -0.2) is 36.7 Å². The van der Waals surface area contributed by atoms with Crippen LogP contribution in [0, 0.1) is 0 Å². The van der Waals surface area contributed by atoms with Crippen molar-refractivity contribution in [2.24, 2.45) is 0 Å². The van der Waals surface area contributed by atoms with Crippen LogP contribution >= 0.6 is 0 Å². The van der Waals surface area contributed by atoms with Gasteiger partial charge in [-0.25, -0.2) is 4.79 Å². The maximum Gasteiger partial charge on any atom is 0.401 e. The molecule has 1 aliphatic heterocycles. The molecule has 2 rings (SSSR count). The van der Waals surface area contributed by atoms with Gasteiger partial charge in [0, 0.05) is 18.8 Å². The van der Waals surface area contributed by atoms with Crippen molar-refractivity contribution < 1.29 is 22.7 Å². The Morgan fingerprint density at radius 2 is 2.14 bits per heavy atom. The van der Waals surface area contributed by atoms with Crippen molar-refractivity contribution in [2.75, 3.05) is 25.4 Å². The molecule has 0 fully saturated rings. The fourth-order valence-corrected chi connectivity index (χ4v) is 2.52. The summed E-state index contributed by atoms with van der Waals surface area (Å²) in [4.78, 5) is 13.1. The zero-order chi connectivity index (χ0) is 15.6. The largest absolute Gasteiger partial charge is 0.462 e. The number of nitrogen functional groups attached to an aromatic ring is 1. The van der Waals surface area contributed by atoms with Crippen molar-refractivity contribution in [1.82, 2.24) is 4.90 Å². The summed E-state index contributed by atoms with van der Waals surface area (Å²) in [6.07, 6.45) is -3.82. The standard InChI is InChI=1S/C14H17F3N2O2/c1-2-21-13(20)11-4-3-9-7-19(8-14(15,16)17)6-5-10(9)12(11)18/h3-4H,2,5-8,18H2,1H3. The Labute approximate surface area is 120 Å². The molecule has 7 heteroatoms. The molecule has 4 nitrogen and oxygen atoms in total. The first-order valence-electron chi connectivity index (χ1n) is 6.68. The first kappa shape index (κ1) is 15.6. The third-order valence-corrected chi connectivity index (χ3v) is 3.42. The third kappa shape index (κ3) is 3.66. The van der Waals surface area contributed by atoms with Gasteiger partial charge in [0.25, 0.3) is 0 Å². The lowest BCUT2D eigenvalue weighted by Crippen LogP contribution is -2.38. The van der Waals surface area contributed by atoms with E-state index < -0.39 is 18.7 Å². The van der Waals surface area contributed by atoms with Crippen LogP contribution in [0.15, 0.2) is 12.1 Å². The molecular formula is C14H17F3N2O2. The lowest BCUT2D eigenvalue weighted by atomic mass is 9.95. The summed E-state index contributed by atoms with van der Waals surface area (Å²) in [5.41, 5.74) is 8.04. The summed E-state index contributed by atoms with van der Waals surface area (Å²) in [7, 11) is 0. The number of esters is 1. The van der Waals surface area contributed by atoms with Gasteiger partial charge in [-0.3, -0.25) is 4.90 Å².